The highest BCUT2D eigenvalue weighted by atomic mass is 32.2. The molecule has 4 nitrogen and oxygen atoms in total. The smallest absolute Gasteiger partial charge is 0.264 e. The fraction of sp³-hybridized carbons (Fsp3) is 0.333. The van der Waals surface area contributed by atoms with E-state index < -0.39 is 10.1 Å². The van der Waals surface area contributed by atoms with Crippen LogP contribution in [0, 0.1) is 0 Å². The Morgan fingerprint density at radius 1 is 1.05 bits per heavy atom. The van der Waals surface area contributed by atoms with Crippen LogP contribution in [0.1, 0.15) is 12.8 Å². The Morgan fingerprint density at radius 2 is 1.75 bits per heavy atom. The summed E-state index contributed by atoms with van der Waals surface area (Å²) >= 11 is 0. The van der Waals surface area contributed by atoms with Gasteiger partial charge in [0, 0.05) is 19.3 Å². The maximum Gasteiger partial charge on any atom is 0.264 e. The predicted molar refractivity (Wildman–Crippen MR) is 82.9 cm³/mol. The van der Waals surface area contributed by atoms with E-state index >= 15 is 0 Å². The van der Waals surface area contributed by atoms with E-state index in [9.17, 15) is 8.42 Å². The molecule has 2 aromatic rings. The molecule has 0 bridgehead atoms. The minimum atomic E-state index is -3.83. The van der Waals surface area contributed by atoms with Crippen LogP contribution in [-0.4, -0.2) is 32.3 Å². The van der Waals surface area contributed by atoms with Gasteiger partial charge in [0.25, 0.3) is 10.1 Å². The molecule has 0 saturated heterocycles. The van der Waals surface area contributed by atoms with E-state index in [-0.39, 0.29) is 5.75 Å². The lowest BCUT2D eigenvalue weighted by molar-refractivity contribution is 0.480. The van der Waals surface area contributed by atoms with Crippen LogP contribution in [0.5, 0.6) is 0 Å². The fourth-order valence-electron chi connectivity index (χ4n) is 2.18. The summed E-state index contributed by atoms with van der Waals surface area (Å²) in [5.74, 6) is -0.168. The van der Waals surface area contributed by atoms with Crippen molar-refractivity contribution in [3.05, 3.63) is 42.5 Å². The first-order valence-corrected chi connectivity index (χ1v) is 8.22. The van der Waals surface area contributed by atoms with Gasteiger partial charge in [-0.25, -0.2) is 0 Å². The second-order valence-corrected chi connectivity index (χ2v) is 6.52. The van der Waals surface area contributed by atoms with Crippen molar-refractivity contribution in [3.8, 4) is 0 Å². The summed E-state index contributed by atoms with van der Waals surface area (Å²) in [4.78, 5) is 2.09. The average molecular weight is 293 g/mol. The first-order valence-electron chi connectivity index (χ1n) is 6.61. The molecule has 0 fully saturated rings. The predicted octanol–water partition coefficient (Wildman–Crippen LogP) is 2.94. The molecule has 0 aliphatic heterocycles. The average Bonchev–Trinajstić information content (AvgIpc) is 2.42. The van der Waals surface area contributed by atoms with E-state index in [1.165, 1.54) is 10.8 Å². The van der Waals surface area contributed by atoms with Gasteiger partial charge in [-0.3, -0.25) is 4.55 Å². The topological polar surface area (TPSA) is 57.6 Å². The van der Waals surface area contributed by atoms with Crippen molar-refractivity contribution in [2.24, 2.45) is 0 Å². The molecule has 0 radical (unpaired) electrons. The second kappa shape index (κ2) is 6.24. The first kappa shape index (κ1) is 14.8. The first-order chi connectivity index (χ1) is 9.46. The minimum absolute atomic E-state index is 0.168. The van der Waals surface area contributed by atoms with Crippen LogP contribution in [0.25, 0.3) is 10.8 Å². The zero-order chi connectivity index (χ0) is 14.6. The maximum absolute atomic E-state index is 10.6. The van der Waals surface area contributed by atoms with Crippen LogP contribution in [0.15, 0.2) is 42.5 Å². The molecule has 0 atom stereocenters. The van der Waals surface area contributed by atoms with E-state index in [2.05, 4.69) is 35.2 Å². The lowest BCUT2D eigenvalue weighted by atomic mass is 10.1. The molecule has 5 heteroatoms. The molecule has 0 aromatic heterocycles. The number of rotatable bonds is 6. The largest absolute Gasteiger partial charge is 0.375 e. The molecule has 0 spiro atoms. The monoisotopic (exact) mass is 293 g/mol. The van der Waals surface area contributed by atoms with E-state index in [0.29, 0.717) is 6.42 Å². The van der Waals surface area contributed by atoms with Gasteiger partial charge in [-0.15, -0.1) is 0 Å². The van der Waals surface area contributed by atoms with Crippen LogP contribution in [0.3, 0.4) is 0 Å². The molecule has 0 aliphatic rings. The number of hydrogen-bond donors (Lipinski definition) is 1. The molecule has 0 amide bonds. The van der Waals surface area contributed by atoms with Crippen LogP contribution >= 0.6 is 0 Å². The van der Waals surface area contributed by atoms with Crippen LogP contribution in [0.2, 0.25) is 0 Å². The van der Waals surface area contributed by atoms with Gasteiger partial charge in [-0.2, -0.15) is 8.42 Å². The molecule has 0 saturated carbocycles. The molecule has 0 heterocycles. The molecule has 2 aromatic carbocycles. The molecule has 1 N–H and O–H groups in total. The normalized spacial score (nSPS) is 11.7. The number of nitrogens with zero attached hydrogens (tertiary/aromatic N) is 1. The van der Waals surface area contributed by atoms with Gasteiger partial charge in [-0.1, -0.05) is 30.3 Å². The molecular weight excluding hydrogens is 274 g/mol. The van der Waals surface area contributed by atoms with E-state index in [1.54, 1.807) is 0 Å². The van der Waals surface area contributed by atoms with Gasteiger partial charge in [0.15, 0.2) is 0 Å². The SMILES string of the molecule is CN(CCCCS(=O)(=O)O)c1ccc2ccccc2c1. The highest BCUT2D eigenvalue weighted by Crippen LogP contribution is 2.21. The van der Waals surface area contributed by atoms with Crippen LogP contribution in [-0.2, 0) is 10.1 Å². The number of unbranched alkanes of at least 4 members (excludes halogenated alkanes) is 1. The van der Waals surface area contributed by atoms with Crippen LogP contribution < -0.4 is 4.90 Å². The molecule has 2 rings (SSSR count). The van der Waals surface area contributed by atoms with Gasteiger partial charge in [0.2, 0.25) is 0 Å². The maximum atomic E-state index is 10.6. The third-order valence-corrected chi connectivity index (χ3v) is 4.12. The standard InChI is InChI=1S/C15H19NO3S/c1-16(10-4-5-11-20(17,18)19)15-9-8-13-6-2-3-7-14(13)12-15/h2-3,6-9,12H,4-5,10-11H2,1H3,(H,17,18,19). The lowest BCUT2D eigenvalue weighted by Gasteiger charge is -2.19. The summed E-state index contributed by atoms with van der Waals surface area (Å²) in [7, 11) is -1.85. The fourth-order valence-corrected chi connectivity index (χ4v) is 2.75. The van der Waals surface area contributed by atoms with Crippen molar-refractivity contribution in [3.63, 3.8) is 0 Å². The summed E-state index contributed by atoms with van der Waals surface area (Å²) in [6, 6.07) is 14.4. The lowest BCUT2D eigenvalue weighted by Crippen LogP contribution is -2.19. The number of hydrogen-bond acceptors (Lipinski definition) is 3. The Kier molecular flexibility index (Phi) is 4.62. The second-order valence-electron chi connectivity index (χ2n) is 4.95. The minimum Gasteiger partial charge on any atom is -0.375 e. The summed E-state index contributed by atoms with van der Waals surface area (Å²) in [5, 5.41) is 2.39. The molecule has 108 valence electrons. The summed E-state index contributed by atoms with van der Waals surface area (Å²) in [6.07, 6.45) is 1.19. The summed E-state index contributed by atoms with van der Waals surface area (Å²) in [6.45, 7) is 0.758. The van der Waals surface area contributed by atoms with Gasteiger partial charge >= 0.3 is 0 Å². The third-order valence-electron chi connectivity index (χ3n) is 3.32. The summed E-state index contributed by atoms with van der Waals surface area (Å²) < 4.78 is 29.9. The van der Waals surface area contributed by atoms with Crippen molar-refractivity contribution in [1.82, 2.24) is 0 Å². The molecular formula is C15H19NO3S. The van der Waals surface area contributed by atoms with Crippen LogP contribution in [0.4, 0.5) is 5.69 Å². The van der Waals surface area contributed by atoms with E-state index in [0.717, 1.165) is 18.7 Å². The number of fused-ring (bicyclic) bond motifs is 1. The molecule has 0 aliphatic carbocycles. The Balaban J connectivity index is 1.95. The summed E-state index contributed by atoms with van der Waals surface area (Å²) in [5.41, 5.74) is 1.11. The van der Waals surface area contributed by atoms with Gasteiger partial charge in [-0.05, 0) is 35.7 Å². The van der Waals surface area contributed by atoms with Crippen molar-refractivity contribution >= 4 is 26.6 Å². The third kappa shape index (κ3) is 4.21. The highest BCUT2D eigenvalue weighted by Gasteiger charge is 2.05. The zero-order valence-electron chi connectivity index (χ0n) is 11.5. The molecule has 0 unspecified atom stereocenters. The van der Waals surface area contributed by atoms with Crippen molar-refractivity contribution in [1.29, 1.82) is 0 Å². The highest BCUT2D eigenvalue weighted by molar-refractivity contribution is 7.85. The Bertz CT molecular complexity index is 682. The van der Waals surface area contributed by atoms with Crippen molar-refractivity contribution < 1.29 is 13.0 Å². The van der Waals surface area contributed by atoms with Gasteiger partial charge in [0.05, 0.1) is 5.75 Å². The number of benzene rings is 2. The quantitative estimate of drug-likeness (QED) is 0.657. The zero-order valence-corrected chi connectivity index (χ0v) is 12.3. The number of anilines is 1. The van der Waals surface area contributed by atoms with Crippen molar-refractivity contribution in [2.75, 3.05) is 24.2 Å². The van der Waals surface area contributed by atoms with Crippen molar-refractivity contribution in [2.45, 2.75) is 12.8 Å². The van der Waals surface area contributed by atoms with E-state index in [4.69, 9.17) is 4.55 Å². The Morgan fingerprint density at radius 3 is 2.45 bits per heavy atom. The van der Waals surface area contributed by atoms with E-state index in [1.807, 2.05) is 19.2 Å². The van der Waals surface area contributed by atoms with Gasteiger partial charge < -0.3 is 4.90 Å². The van der Waals surface area contributed by atoms with Gasteiger partial charge in [0.1, 0.15) is 0 Å². The molecule has 20 heavy (non-hydrogen) atoms. The Hall–Kier alpha value is -1.59. The Labute approximate surface area is 119 Å².